The average Bonchev–Trinajstić information content (AvgIpc) is 2.56. The van der Waals surface area contributed by atoms with Crippen LogP contribution in [0.2, 0.25) is 0 Å². The summed E-state index contributed by atoms with van der Waals surface area (Å²) in [6, 6.07) is 8.31. The molecule has 0 aliphatic heterocycles. The summed E-state index contributed by atoms with van der Waals surface area (Å²) in [5, 5.41) is 3.52. The van der Waals surface area contributed by atoms with Crippen molar-refractivity contribution < 1.29 is 4.74 Å². The number of hydrogen-bond acceptors (Lipinski definition) is 2. The third-order valence-electron chi connectivity index (χ3n) is 4.20. The average molecular weight is 306 g/mol. The number of ether oxygens (including phenoxy) is 1. The fourth-order valence-corrected chi connectivity index (χ4v) is 2.71. The van der Waals surface area contributed by atoms with E-state index in [2.05, 4.69) is 24.4 Å². The van der Waals surface area contributed by atoms with Gasteiger partial charge in [0.05, 0.1) is 7.11 Å². The first-order chi connectivity index (χ1) is 10.9. The van der Waals surface area contributed by atoms with Crippen molar-refractivity contribution in [1.29, 1.82) is 0 Å². The van der Waals surface area contributed by atoms with Crippen LogP contribution in [0, 0.1) is 0 Å². The normalized spacial score (nSPS) is 10.8. The van der Waals surface area contributed by atoms with Crippen molar-refractivity contribution in [1.82, 2.24) is 5.32 Å². The molecule has 0 aliphatic carbocycles. The molecular weight excluding hydrogens is 270 g/mol. The van der Waals surface area contributed by atoms with Crippen molar-refractivity contribution in [3.63, 3.8) is 0 Å². The highest BCUT2D eigenvalue weighted by Gasteiger charge is 1.95. The summed E-state index contributed by atoms with van der Waals surface area (Å²) in [6.45, 7) is 4.37. The van der Waals surface area contributed by atoms with E-state index in [0.717, 1.165) is 18.8 Å². The molecule has 0 spiro atoms. The molecule has 22 heavy (non-hydrogen) atoms. The van der Waals surface area contributed by atoms with Gasteiger partial charge in [-0.25, -0.2) is 0 Å². The van der Waals surface area contributed by atoms with Gasteiger partial charge in [-0.1, -0.05) is 76.8 Å². The van der Waals surface area contributed by atoms with E-state index in [-0.39, 0.29) is 0 Å². The summed E-state index contributed by atoms with van der Waals surface area (Å²) in [6.07, 6.45) is 14.0. The molecule has 0 unspecified atom stereocenters. The lowest BCUT2D eigenvalue weighted by atomic mass is 10.1. The molecule has 0 fully saturated rings. The van der Waals surface area contributed by atoms with Crippen molar-refractivity contribution >= 4 is 0 Å². The Morgan fingerprint density at radius 2 is 1.32 bits per heavy atom. The second kappa shape index (κ2) is 13.6. The molecule has 1 rings (SSSR count). The number of unbranched alkanes of at least 4 members (excludes halogenated alkanes) is 9. The molecule has 0 saturated heterocycles. The first kappa shape index (κ1) is 19.0. The van der Waals surface area contributed by atoms with Crippen LogP contribution >= 0.6 is 0 Å². The Morgan fingerprint density at radius 1 is 0.773 bits per heavy atom. The summed E-state index contributed by atoms with van der Waals surface area (Å²) in [5.74, 6) is 0.929. The molecule has 2 nitrogen and oxygen atoms in total. The SMILES string of the molecule is CCCCCCCCCCCCNCc1ccc(OC)cc1. The smallest absolute Gasteiger partial charge is 0.118 e. The Bertz CT molecular complexity index is 347. The van der Waals surface area contributed by atoms with Crippen molar-refractivity contribution in [3.8, 4) is 5.75 Å². The van der Waals surface area contributed by atoms with Crippen LogP contribution < -0.4 is 10.1 Å². The number of rotatable bonds is 14. The van der Waals surface area contributed by atoms with Gasteiger partial charge < -0.3 is 10.1 Å². The molecule has 126 valence electrons. The van der Waals surface area contributed by atoms with Gasteiger partial charge in [0.15, 0.2) is 0 Å². The standard InChI is InChI=1S/C20H35NO/c1-3-4-5-6-7-8-9-10-11-12-17-21-18-19-13-15-20(22-2)16-14-19/h13-16,21H,3-12,17-18H2,1-2H3. The summed E-state index contributed by atoms with van der Waals surface area (Å²) >= 11 is 0. The fraction of sp³-hybridized carbons (Fsp3) is 0.700. The van der Waals surface area contributed by atoms with E-state index in [1.165, 1.54) is 69.8 Å². The molecule has 0 amide bonds. The molecule has 1 aromatic carbocycles. The molecular formula is C20H35NO. The lowest BCUT2D eigenvalue weighted by molar-refractivity contribution is 0.414. The van der Waals surface area contributed by atoms with Crippen LogP contribution in [0.5, 0.6) is 5.75 Å². The second-order valence-corrected chi connectivity index (χ2v) is 6.21. The van der Waals surface area contributed by atoms with E-state index in [9.17, 15) is 0 Å². The molecule has 0 radical (unpaired) electrons. The van der Waals surface area contributed by atoms with Gasteiger partial charge in [0.1, 0.15) is 5.75 Å². The van der Waals surface area contributed by atoms with Crippen LogP contribution in [0.25, 0.3) is 0 Å². The highest BCUT2D eigenvalue weighted by Crippen LogP contribution is 2.12. The Morgan fingerprint density at radius 3 is 1.86 bits per heavy atom. The largest absolute Gasteiger partial charge is 0.497 e. The molecule has 0 saturated carbocycles. The minimum absolute atomic E-state index is 0.929. The number of methoxy groups -OCH3 is 1. The van der Waals surface area contributed by atoms with Crippen molar-refractivity contribution in [2.24, 2.45) is 0 Å². The van der Waals surface area contributed by atoms with Gasteiger partial charge in [-0.15, -0.1) is 0 Å². The Kier molecular flexibility index (Phi) is 11.8. The Labute approximate surface area is 137 Å². The molecule has 0 atom stereocenters. The summed E-state index contributed by atoms with van der Waals surface area (Å²) in [7, 11) is 1.71. The summed E-state index contributed by atoms with van der Waals surface area (Å²) in [4.78, 5) is 0. The monoisotopic (exact) mass is 305 g/mol. The minimum atomic E-state index is 0.929. The maximum Gasteiger partial charge on any atom is 0.118 e. The van der Waals surface area contributed by atoms with E-state index in [1.807, 2.05) is 12.1 Å². The van der Waals surface area contributed by atoms with Crippen LogP contribution in [-0.4, -0.2) is 13.7 Å². The third-order valence-corrected chi connectivity index (χ3v) is 4.20. The Balaban J connectivity index is 1.85. The van der Waals surface area contributed by atoms with E-state index in [0.29, 0.717) is 0 Å². The first-order valence-corrected chi connectivity index (χ1v) is 9.20. The zero-order valence-corrected chi connectivity index (χ0v) is 14.7. The van der Waals surface area contributed by atoms with Gasteiger partial charge in [0, 0.05) is 6.54 Å². The third kappa shape index (κ3) is 9.83. The Hall–Kier alpha value is -1.02. The number of benzene rings is 1. The van der Waals surface area contributed by atoms with Crippen LogP contribution in [0.3, 0.4) is 0 Å². The molecule has 0 heterocycles. The summed E-state index contributed by atoms with van der Waals surface area (Å²) in [5.41, 5.74) is 1.33. The van der Waals surface area contributed by atoms with Gasteiger partial charge in [-0.3, -0.25) is 0 Å². The molecule has 1 N–H and O–H groups in total. The predicted octanol–water partition coefficient (Wildman–Crippen LogP) is 5.71. The lowest BCUT2D eigenvalue weighted by Gasteiger charge is -2.06. The van der Waals surface area contributed by atoms with Crippen LogP contribution in [-0.2, 0) is 6.54 Å². The molecule has 0 aliphatic rings. The van der Waals surface area contributed by atoms with Gasteiger partial charge in [-0.05, 0) is 30.7 Å². The maximum absolute atomic E-state index is 5.17. The highest BCUT2D eigenvalue weighted by atomic mass is 16.5. The van der Waals surface area contributed by atoms with Gasteiger partial charge in [-0.2, -0.15) is 0 Å². The molecule has 0 aromatic heterocycles. The van der Waals surface area contributed by atoms with Gasteiger partial charge in [0.25, 0.3) is 0 Å². The highest BCUT2D eigenvalue weighted by molar-refractivity contribution is 5.26. The van der Waals surface area contributed by atoms with E-state index < -0.39 is 0 Å². The van der Waals surface area contributed by atoms with Gasteiger partial charge >= 0.3 is 0 Å². The predicted molar refractivity (Wildman–Crippen MR) is 96.5 cm³/mol. The van der Waals surface area contributed by atoms with Crippen molar-refractivity contribution in [2.45, 2.75) is 77.7 Å². The van der Waals surface area contributed by atoms with Crippen LogP contribution in [0.15, 0.2) is 24.3 Å². The van der Waals surface area contributed by atoms with Crippen molar-refractivity contribution in [2.75, 3.05) is 13.7 Å². The van der Waals surface area contributed by atoms with Crippen molar-refractivity contribution in [3.05, 3.63) is 29.8 Å². The quantitative estimate of drug-likeness (QED) is 0.445. The fourth-order valence-electron chi connectivity index (χ4n) is 2.71. The van der Waals surface area contributed by atoms with E-state index >= 15 is 0 Å². The first-order valence-electron chi connectivity index (χ1n) is 9.20. The van der Waals surface area contributed by atoms with E-state index in [4.69, 9.17) is 4.74 Å². The number of hydrogen-bond donors (Lipinski definition) is 1. The molecule has 0 bridgehead atoms. The van der Waals surface area contributed by atoms with E-state index in [1.54, 1.807) is 7.11 Å². The maximum atomic E-state index is 5.17. The van der Waals surface area contributed by atoms with Gasteiger partial charge in [0.2, 0.25) is 0 Å². The number of nitrogens with one attached hydrogen (secondary N) is 1. The topological polar surface area (TPSA) is 21.3 Å². The second-order valence-electron chi connectivity index (χ2n) is 6.21. The molecule has 2 heteroatoms. The summed E-state index contributed by atoms with van der Waals surface area (Å²) < 4.78 is 5.17. The lowest BCUT2D eigenvalue weighted by Crippen LogP contribution is -2.14. The van der Waals surface area contributed by atoms with Crippen LogP contribution in [0.4, 0.5) is 0 Å². The minimum Gasteiger partial charge on any atom is -0.497 e. The molecule has 1 aromatic rings. The zero-order valence-electron chi connectivity index (χ0n) is 14.7. The van der Waals surface area contributed by atoms with Crippen LogP contribution in [0.1, 0.15) is 76.7 Å². The zero-order chi connectivity index (χ0) is 15.9.